The van der Waals surface area contributed by atoms with E-state index in [0.717, 1.165) is 23.5 Å². The topological polar surface area (TPSA) is 75.2 Å². The zero-order valence-corrected chi connectivity index (χ0v) is 13.7. The summed E-state index contributed by atoms with van der Waals surface area (Å²) < 4.78 is 4.27. The Kier molecular flexibility index (Phi) is 4.66. The number of hydrogen-bond acceptors (Lipinski definition) is 5. The largest absolute Gasteiger partial charge is 0.331 e. The van der Waals surface area contributed by atoms with Crippen molar-refractivity contribution in [2.75, 3.05) is 11.9 Å². The average molecular weight is 330 g/mol. The molecule has 2 amide bonds. The zero-order chi connectivity index (χ0) is 16.2. The summed E-state index contributed by atoms with van der Waals surface area (Å²) in [6.07, 6.45) is 1.93. The third-order valence-electron chi connectivity index (χ3n) is 3.86. The maximum atomic E-state index is 12.5. The average Bonchev–Trinajstić information content (AvgIpc) is 3.19. The Morgan fingerprint density at radius 2 is 2.17 bits per heavy atom. The Hall–Kier alpha value is -2.28. The van der Waals surface area contributed by atoms with Crippen LogP contribution in [-0.4, -0.2) is 38.7 Å². The fraction of sp³-hybridized carbons (Fsp3) is 0.375. The number of nitrogens with zero attached hydrogens (tertiary/aromatic N) is 3. The van der Waals surface area contributed by atoms with E-state index < -0.39 is 6.04 Å². The first-order valence-corrected chi connectivity index (χ1v) is 8.46. The van der Waals surface area contributed by atoms with Gasteiger partial charge in [0.1, 0.15) is 6.04 Å². The van der Waals surface area contributed by atoms with Crippen molar-refractivity contribution < 1.29 is 9.59 Å². The lowest BCUT2D eigenvalue weighted by molar-refractivity contribution is -0.135. The lowest BCUT2D eigenvalue weighted by atomic mass is 10.2. The van der Waals surface area contributed by atoms with Gasteiger partial charge in [-0.2, -0.15) is 9.36 Å². The predicted octanol–water partition coefficient (Wildman–Crippen LogP) is 2.54. The van der Waals surface area contributed by atoms with Gasteiger partial charge in [0.2, 0.25) is 16.9 Å². The summed E-state index contributed by atoms with van der Waals surface area (Å²) in [6.45, 7) is 2.56. The number of aromatic nitrogens is 2. The highest BCUT2D eigenvalue weighted by Gasteiger charge is 2.31. The Morgan fingerprint density at radius 3 is 2.83 bits per heavy atom. The molecule has 1 atom stereocenters. The molecule has 1 aromatic carbocycles. The van der Waals surface area contributed by atoms with Gasteiger partial charge in [0.05, 0.1) is 0 Å². The first-order valence-electron chi connectivity index (χ1n) is 7.68. The summed E-state index contributed by atoms with van der Waals surface area (Å²) in [5, 5.41) is 3.25. The molecule has 0 unspecified atom stereocenters. The molecule has 1 N–H and O–H groups in total. The van der Waals surface area contributed by atoms with Gasteiger partial charge >= 0.3 is 0 Å². The molecule has 23 heavy (non-hydrogen) atoms. The van der Waals surface area contributed by atoms with E-state index in [2.05, 4.69) is 14.7 Å². The Bertz CT molecular complexity index is 701. The molecule has 120 valence electrons. The van der Waals surface area contributed by atoms with E-state index in [1.807, 2.05) is 37.3 Å². The lowest BCUT2D eigenvalue weighted by Crippen LogP contribution is -2.44. The van der Waals surface area contributed by atoms with Crippen LogP contribution in [0.3, 0.4) is 0 Å². The van der Waals surface area contributed by atoms with Crippen molar-refractivity contribution in [1.29, 1.82) is 0 Å². The Morgan fingerprint density at radius 1 is 1.39 bits per heavy atom. The standard InChI is InChI=1S/C16H18N4O2S/c1-2-12(20-10-6-9-13(20)21)15(22)18-16-17-14(19-23-16)11-7-4-3-5-8-11/h3-5,7-8,12H,2,6,9-10H2,1H3,(H,17,18,19,22)/t12-/m1/s1. The van der Waals surface area contributed by atoms with Crippen molar-refractivity contribution in [3.8, 4) is 11.4 Å². The van der Waals surface area contributed by atoms with E-state index in [1.165, 1.54) is 0 Å². The summed E-state index contributed by atoms with van der Waals surface area (Å²) in [6, 6.07) is 9.17. The molecular weight excluding hydrogens is 312 g/mol. The molecule has 0 spiro atoms. The molecule has 2 aromatic rings. The first-order chi connectivity index (χ1) is 11.2. The van der Waals surface area contributed by atoms with E-state index in [9.17, 15) is 9.59 Å². The predicted molar refractivity (Wildman–Crippen MR) is 89.0 cm³/mol. The number of carbonyl (C=O) groups is 2. The van der Waals surface area contributed by atoms with Crippen molar-refractivity contribution >= 4 is 28.5 Å². The molecule has 1 aliphatic heterocycles. The number of benzene rings is 1. The van der Waals surface area contributed by atoms with E-state index >= 15 is 0 Å². The summed E-state index contributed by atoms with van der Waals surface area (Å²) in [4.78, 5) is 30.3. The van der Waals surface area contributed by atoms with E-state index in [1.54, 1.807) is 4.90 Å². The highest BCUT2D eigenvalue weighted by atomic mass is 32.1. The van der Waals surface area contributed by atoms with Crippen molar-refractivity contribution in [3.63, 3.8) is 0 Å². The van der Waals surface area contributed by atoms with Gasteiger partial charge in [-0.25, -0.2) is 0 Å². The van der Waals surface area contributed by atoms with Crippen molar-refractivity contribution in [3.05, 3.63) is 30.3 Å². The van der Waals surface area contributed by atoms with Crippen LogP contribution >= 0.6 is 11.5 Å². The van der Waals surface area contributed by atoms with Crippen LogP contribution in [0.5, 0.6) is 0 Å². The summed E-state index contributed by atoms with van der Waals surface area (Å²) >= 11 is 1.15. The third-order valence-corrected chi connectivity index (χ3v) is 4.49. The molecule has 0 radical (unpaired) electrons. The summed E-state index contributed by atoms with van der Waals surface area (Å²) in [7, 11) is 0. The van der Waals surface area contributed by atoms with Crippen LogP contribution in [0, 0.1) is 0 Å². The second-order valence-corrected chi connectivity index (χ2v) is 6.14. The highest BCUT2D eigenvalue weighted by Crippen LogP contribution is 2.22. The molecule has 0 bridgehead atoms. The van der Waals surface area contributed by atoms with E-state index in [-0.39, 0.29) is 11.8 Å². The monoisotopic (exact) mass is 330 g/mol. The molecule has 1 fully saturated rings. The molecule has 2 heterocycles. The molecule has 1 aliphatic rings. The smallest absolute Gasteiger partial charge is 0.248 e. The molecule has 0 aliphatic carbocycles. The van der Waals surface area contributed by atoms with Crippen LogP contribution in [0.1, 0.15) is 26.2 Å². The number of nitrogens with one attached hydrogen (secondary N) is 1. The summed E-state index contributed by atoms with van der Waals surface area (Å²) in [5.74, 6) is 0.448. The SMILES string of the molecule is CC[C@H](C(=O)Nc1nc(-c2ccccc2)ns1)N1CCCC1=O. The molecule has 0 saturated carbocycles. The molecule has 3 rings (SSSR count). The maximum Gasteiger partial charge on any atom is 0.248 e. The van der Waals surface area contributed by atoms with Gasteiger partial charge in [0.25, 0.3) is 0 Å². The van der Waals surface area contributed by atoms with Crippen LogP contribution in [0.25, 0.3) is 11.4 Å². The van der Waals surface area contributed by atoms with Gasteiger partial charge < -0.3 is 4.90 Å². The second-order valence-electron chi connectivity index (χ2n) is 5.39. The van der Waals surface area contributed by atoms with Crippen LogP contribution in [0.4, 0.5) is 5.13 Å². The fourth-order valence-electron chi connectivity index (χ4n) is 2.71. The van der Waals surface area contributed by atoms with Gasteiger partial charge in [0, 0.05) is 30.1 Å². The van der Waals surface area contributed by atoms with Crippen molar-refractivity contribution in [2.24, 2.45) is 0 Å². The summed E-state index contributed by atoms with van der Waals surface area (Å²) in [5.41, 5.74) is 0.908. The van der Waals surface area contributed by atoms with Crippen molar-refractivity contribution in [2.45, 2.75) is 32.2 Å². The number of hydrogen-bond donors (Lipinski definition) is 1. The van der Waals surface area contributed by atoms with E-state index in [0.29, 0.717) is 30.3 Å². The zero-order valence-electron chi connectivity index (χ0n) is 12.9. The van der Waals surface area contributed by atoms with Gasteiger partial charge in [0.15, 0.2) is 5.82 Å². The fourth-order valence-corrected chi connectivity index (χ4v) is 3.31. The number of amides is 2. The molecule has 1 aromatic heterocycles. The van der Waals surface area contributed by atoms with E-state index in [4.69, 9.17) is 0 Å². The van der Waals surface area contributed by atoms with Crippen molar-refractivity contribution in [1.82, 2.24) is 14.3 Å². The number of likely N-dealkylation sites (tertiary alicyclic amines) is 1. The Balaban J connectivity index is 1.70. The van der Waals surface area contributed by atoms with Gasteiger partial charge in [-0.3, -0.25) is 14.9 Å². The molecule has 1 saturated heterocycles. The van der Waals surface area contributed by atoms with Crippen LogP contribution in [0.2, 0.25) is 0 Å². The number of anilines is 1. The van der Waals surface area contributed by atoms with Crippen LogP contribution in [0.15, 0.2) is 30.3 Å². The Labute approximate surface area is 138 Å². The van der Waals surface area contributed by atoms with Gasteiger partial charge in [-0.1, -0.05) is 37.3 Å². The minimum Gasteiger partial charge on any atom is -0.331 e. The maximum absolute atomic E-state index is 12.5. The van der Waals surface area contributed by atoms with Crippen LogP contribution < -0.4 is 5.32 Å². The minimum atomic E-state index is -0.436. The van der Waals surface area contributed by atoms with Gasteiger partial charge in [-0.05, 0) is 12.8 Å². The lowest BCUT2D eigenvalue weighted by Gasteiger charge is -2.25. The quantitative estimate of drug-likeness (QED) is 0.914. The molecule has 6 nitrogen and oxygen atoms in total. The third kappa shape index (κ3) is 3.39. The molecular formula is C16H18N4O2S. The first kappa shape index (κ1) is 15.6. The minimum absolute atomic E-state index is 0.0502. The number of carbonyl (C=O) groups excluding carboxylic acids is 2. The normalized spacial score (nSPS) is 15.7. The highest BCUT2D eigenvalue weighted by molar-refractivity contribution is 7.10. The molecule has 7 heteroatoms. The second kappa shape index (κ2) is 6.87. The number of rotatable bonds is 5. The van der Waals surface area contributed by atoms with Crippen LogP contribution in [-0.2, 0) is 9.59 Å². The van der Waals surface area contributed by atoms with Gasteiger partial charge in [-0.15, -0.1) is 0 Å².